The molecule has 0 atom stereocenters. The summed E-state index contributed by atoms with van der Waals surface area (Å²) in [5.74, 6) is 0. The Morgan fingerprint density at radius 2 is 1.95 bits per heavy atom. The summed E-state index contributed by atoms with van der Waals surface area (Å²) < 4.78 is 0.938. The highest BCUT2D eigenvalue weighted by atomic mass is 79.9. The largest absolute Gasteiger partial charge is 0.354 e. The number of halogens is 2. The van der Waals surface area contributed by atoms with Gasteiger partial charge in [0.25, 0.3) is 0 Å². The van der Waals surface area contributed by atoms with Crippen LogP contribution in [0, 0.1) is 0 Å². The number of benzene rings is 2. The molecule has 0 aliphatic rings. The van der Waals surface area contributed by atoms with Gasteiger partial charge in [0, 0.05) is 31.5 Å². The Labute approximate surface area is 123 Å². The molecule has 0 unspecified atom stereocenters. The van der Waals surface area contributed by atoms with E-state index in [4.69, 9.17) is 11.6 Å². The van der Waals surface area contributed by atoms with Crippen LogP contribution in [0.1, 0.15) is 10.4 Å². The number of carbonyl (C=O) groups is 1. The molecule has 0 saturated heterocycles. The quantitative estimate of drug-likeness (QED) is 0.653. The van der Waals surface area contributed by atoms with Crippen molar-refractivity contribution < 1.29 is 4.79 Å². The predicted molar refractivity (Wildman–Crippen MR) is 81.8 cm³/mol. The van der Waals surface area contributed by atoms with Gasteiger partial charge in [0.1, 0.15) is 0 Å². The van der Waals surface area contributed by atoms with E-state index >= 15 is 0 Å². The van der Waals surface area contributed by atoms with E-state index in [1.807, 2.05) is 42.5 Å². The van der Waals surface area contributed by atoms with Crippen molar-refractivity contribution in [2.45, 2.75) is 0 Å². The molecule has 0 radical (unpaired) electrons. The molecule has 3 rings (SSSR count). The second-order valence-electron chi connectivity index (χ2n) is 4.20. The molecule has 2 nitrogen and oxygen atoms in total. The van der Waals surface area contributed by atoms with E-state index in [-0.39, 0.29) is 0 Å². The van der Waals surface area contributed by atoms with Crippen molar-refractivity contribution in [3.05, 3.63) is 57.5 Å². The molecule has 1 heterocycles. The third-order valence-electron chi connectivity index (χ3n) is 3.06. The lowest BCUT2D eigenvalue weighted by Crippen LogP contribution is -1.85. The van der Waals surface area contributed by atoms with Crippen molar-refractivity contribution in [3.63, 3.8) is 0 Å². The lowest BCUT2D eigenvalue weighted by Gasteiger charge is -2.02. The van der Waals surface area contributed by atoms with Crippen LogP contribution in [0.3, 0.4) is 0 Å². The van der Waals surface area contributed by atoms with Crippen molar-refractivity contribution in [2.75, 3.05) is 0 Å². The van der Waals surface area contributed by atoms with Gasteiger partial charge in [-0.15, -0.1) is 0 Å². The zero-order valence-electron chi connectivity index (χ0n) is 9.78. The number of hydrogen-bond donors (Lipinski definition) is 1. The van der Waals surface area contributed by atoms with Gasteiger partial charge in [-0.05, 0) is 24.3 Å². The first-order valence-electron chi connectivity index (χ1n) is 5.72. The number of hydrogen-bond acceptors (Lipinski definition) is 1. The average molecular weight is 335 g/mol. The molecule has 0 spiro atoms. The molecule has 0 aliphatic heterocycles. The fourth-order valence-corrected chi connectivity index (χ4v) is 2.78. The lowest BCUT2D eigenvalue weighted by molar-refractivity contribution is 0.112. The molecule has 0 bridgehead atoms. The van der Waals surface area contributed by atoms with Crippen molar-refractivity contribution in [1.29, 1.82) is 0 Å². The summed E-state index contributed by atoms with van der Waals surface area (Å²) in [5, 5.41) is 1.51. The number of aromatic nitrogens is 1. The molecule has 0 amide bonds. The van der Waals surface area contributed by atoms with E-state index in [2.05, 4.69) is 20.9 Å². The minimum Gasteiger partial charge on any atom is -0.354 e. The van der Waals surface area contributed by atoms with Gasteiger partial charge in [-0.2, -0.15) is 0 Å². The van der Waals surface area contributed by atoms with Crippen LogP contribution >= 0.6 is 27.5 Å². The highest BCUT2D eigenvalue weighted by molar-refractivity contribution is 9.10. The van der Waals surface area contributed by atoms with Crippen LogP contribution in [-0.4, -0.2) is 11.3 Å². The van der Waals surface area contributed by atoms with Gasteiger partial charge in [0.2, 0.25) is 0 Å². The first-order chi connectivity index (χ1) is 9.20. The van der Waals surface area contributed by atoms with Gasteiger partial charge in [-0.1, -0.05) is 45.7 Å². The summed E-state index contributed by atoms with van der Waals surface area (Å²) in [6, 6.07) is 13.3. The number of fused-ring (bicyclic) bond motifs is 1. The molecule has 1 N–H and O–H groups in total. The molecule has 1 aromatic heterocycles. The molecule has 2 aromatic carbocycles. The highest BCUT2D eigenvalue weighted by Gasteiger charge is 2.14. The minimum atomic E-state index is 0.622. The number of H-pyrrole nitrogens is 1. The van der Waals surface area contributed by atoms with Gasteiger partial charge in [0.05, 0.1) is 5.69 Å². The molecule has 4 heteroatoms. The smallest absolute Gasteiger partial charge is 0.152 e. The average Bonchev–Trinajstić information content (AvgIpc) is 2.76. The Balaban J connectivity index is 2.36. The fourth-order valence-electron chi connectivity index (χ4n) is 2.18. The molecule has 3 aromatic rings. The highest BCUT2D eigenvalue weighted by Crippen LogP contribution is 2.34. The predicted octanol–water partition coefficient (Wildman–Crippen LogP) is 5.06. The molecular formula is C15H9BrClNO. The maximum absolute atomic E-state index is 11.4. The topological polar surface area (TPSA) is 32.9 Å². The Morgan fingerprint density at radius 3 is 2.68 bits per heavy atom. The zero-order valence-corrected chi connectivity index (χ0v) is 12.1. The number of aldehydes is 1. The van der Waals surface area contributed by atoms with E-state index in [1.165, 1.54) is 0 Å². The number of rotatable bonds is 2. The lowest BCUT2D eigenvalue weighted by atomic mass is 10.1. The van der Waals surface area contributed by atoms with Crippen molar-refractivity contribution in [1.82, 2.24) is 4.98 Å². The van der Waals surface area contributed by atoms with E-state index in [1.54, 1.807) is 0 Å². The van der Waals surface area contributed by atoms with E-state index < -0.39 is 0 Å². The van der Waals surface area contributed by atoms with Crippen molar-refractivity contribution in [3.8, 4) is 11.3 Å². The standard InChI is InChI=1S/C15H9BrClNO/c16-9-5-6-14-11(7-9)12(8-19)15(18-14)10-3-1-2-4-13(10)17/h1-8,18H. The first kappa shape index (κ1) is 12.5. The maximum atomic E-state index is 11.4. The normalized spacial score (nSPS) is 10.8. The number of nitrogens with one attached hydrogen (secondary N) is 1. The number of carbonyl (C=O) groups excluding carboxylic acids is 1. The Kier molecular flexibility index (Phi) is 3.17. The molecule has 0 fully saturated rings. The maximum Gasteiger partial charge on any atom is 0.152 e. The summed E-state index contributed by atoms with van der Waals surface area (Å²) in [4.78, 5) is 14.7. The Hall–Kier alpha value is -1.58. The van der Waals surface area contributed by atoms with Gasteiger partial charge in [0.15, 0.2) is 6.29 Å². The molecule has 19 heavy (non-hydrogen) atoms. The molecular weight excluding hydrogens is 326 g/mol. The number of aromatic amines is 1. The van der Waals surface area contributed by atoms with Gasteiger partial charge in [-0.3, -0.25) is 4.79 Å². The van der Waals surface area contributed by atoms with Gasteiger partial charge < -0.3 is 4.98 Å². The Bertz CT molecular complexity index is 779. The van der Waals surface area contributed by atoms with Crippen molar-refractivity contribution >= 4 is 44.7 Å². The Morgan fingerprint density at radius 1 is 1.16 bits per heavy atom. The van der Waals surface area contributed by atoms with Crippen LogP contribution in [0.4, 0.5) is 0 Å². The van der Waals surface area contributed by atoms with E-state index in [0.717, 1.165) is 32.9 Å². The van der Waals surface area contributed by atoms with Crippen LogP contribution in [0.15, 0.2) is 46.9 Å². The zero-order chi connectivity index (χ0) is 13.4. The monoisotopic (exact) mass is 333 g/mol. The summed E-state index contributed by atoms with van der Waals surface area (Å²) in [5.41, 5.74) is 3.14. The molecule has 94 valence electrons. The third kappa shape index (κ3) is 2.09. The van der Waals surface area contributed by atoms with E-state index in [0.29, 0.717) is 10.6 Å². The summed E-state index contributed by atoms with van der Waals surface area (Å²) in [6.07, 6.45) is 0.865. The summed E-state index contributed by atoms with van der Waals surface area (Å²) in [7, 11) is 0. The second-order valence-corrected chi connectivity index (χ2v) is 5.52. The summed E-state index contributed by atoms with van der Waals surface area (Å²) in [6.45, 7) is 0. The van der Waals surface area contributed by atoms with Crippen LogP contribution in [0.2, 0.25) is 5.02 Å². The first-order valence-corrected chi connectivity index (χ1v) is 6.89. The molecule has 0 saturated carbocycles. The van der Waals surface area contributed by atoms with E-state index in [9.17, 15) is 4.79 Å². The second kappa shape index (κ2) is 4.83. The van der Waals surface area contributed by atoms with Crippen LogP contribution in [0.5, 0.6) is 0 Å². The SMILES string of the molecule is O=Cc1c(-c2ccccc2Cl)[nH]c2ccc(Br)cc12. The third-order valence-corrected chi connectivity index (χ3v) is 3.88. The molecule has 0 aliphatic carbocycles. The van der Waals surface area contributed by atoms with Crippen molar-refractivity contribution in [2.24, 2.45) is 0 Å². The van der Waals surface area contributed by atoms with Crippen LogP contribution in [0.25, 0.3) is 22.2 Å². The van der Waals surface area contributed by atoms with Gasteiger partial charge in [-0.25, -0.2) is 0 Å². The van der Waals surface area contributed by atoms with Crippen LogP contribution in [-0.2, 0) is 0 Å². The van der Waals surface area contributed by atoms with Gasteiger partial charge >= 0.3 is 0 Å². The minimum absolute atomic E-state index is 0.622. The van der Waals surface area contributed by atoms with Crippen LogP contribution < -0.4 is 0 Å². The summed E-state index contributed by atoms with van der Waals surface area (Å²) >= 11 is 9.62. The fraction of sp³-hybridized carbons (Fsp3) is 0.